The molecule has 8 nitrogen and oxygen atoms in total. The summed E-state index contributed by atoms with van der Waals surface area (Å²) < 4.78 is 33.3. The first-order valence-corrected chi connectivity index (χ1v) is 22.0. The number of allylic oxidation sites excluding steroid dienone is 6. The van der Waals surface area contributed by atoms with Gasteiger partial charge in [0, 0.05) is 19.6 Å². The Morgan fingerprint density at radius 3 is 1.62 bits per heavy atom. The van der Waals surface area contributed by atoms with Gasteiger partial charge in [0.2, 0.25) is 0 Å². The minimum absolute atomic E-state index is 0.0968. The van der Waals surface area contributed by atoms with Crippen LogP contribution in [0.1, 0.15) is 181 Å². The summed E-state index contributed by atoms with van der Waals surface area (Å²) in [6, 6.07) is 0. The van der Waals surface area contributed by atoms with Gasteiger partial charge in [-0.25, -0.2) is 4.57 Å². The van der Waals surface area contributed by atoms with Crippen molar-refractivity contribution in [3.8, 4) is 0 Å². The van der Waals surface area contributed by atoms with E-state index in [1.165, 1.54) is 103 Å². The highest BCUT2D eigenvalue weighted by molar-refractivity contribution is 7.47. The van der Waals surface area contributed by atoms with Crippen molar-refractivity contribution < 1.29 is 32.8 Å². The highest BCUT2D eigenvalue weighted by Gasteiger charge is 2.25. The van der Waals surface area contributed by atoms with E-state index in [1.54, 1.807) is 0 Å². The van der Waals surface area contributed by atoms with Crippen LogP contribution in [-0.2, 0) is 27.9 Å². The maximum atomic E-state index is 12.5. The molecular formula is C41H78NO7P. The van der Waals surface area contributed by atoms with Crippen LogP contribution in [0.25, 0.3) is 0 Å². The molecule has 0 aromatic heterocycles. The standard InChI is InChI=1S/C41H78NO7P/c1-3-5-7-9-11-13-15-17-19-20-21-22-24-26-28-30-32-34-41(43)49-40(39-48-50(44,45)47-37-35-42)38-46-36-33-31-29-27-25-23-18-16-14-12-10-8-6-4-2/h11,13,17,19,21-22,40H,3-10,12,14-16,18,20,23-39,42H2,1-2H3,(H,44,45)/b13-11-,19-17-,22-21-/t40-/m1/s1. The van der Waals surface area contributed by atoms with E-state index in [4.69, 9.17) is 24.3 Å². The van der Waals surface area contributed by atoms with Crippen LogP contribution in [-0.4, -0.2) is 49.9 Å². The van der Waals surface area contributed by atoms with Crippen molar-refractivity contribution in [2.45, 2.75) is 187 Å². The Bertz CT molecular complexity index is 864. The van der Waals surface area contributed by atoms with E-state index >= 15 is 0 Å². The number of carbonyl (C=O) groups is 1. The van der Waals surface area contributed by atoms with E-state index in [1.807, 2.05) is 0 Å². The maximum Gasteiger partial charge on any atom is 0.472 e. The van der Waals surface area contributed by atoms with Gasteiger partial charge >= 0.3 is 13.8 Å². The van der Waals surface area contributed by atoms with Gasteiger partial charge in [0.25, 0.3) is 0 Å². The molecule has 294 valence electrons. The number of rotatable bonds is 39. The zero-order chi connectivity index (χ0) is 36.6. The number of unbranched alkanes of at least 4 members (excludes halogenated alkanes) is 20. The van der Waals surface area contributed by atoms with Gasteiger partial charge in [-0.2, -0.15) is 0 Å². The fourth-order valence-electron chi connectivity index (χ4n) is 5.53. The lowest BCUT2D eigenvalue weighted by Crippen LogP contribution is -2.28. The minimum Gasteiger partial charge on any atom is -0.457 e. The number of nitrogens with two attached hydrogens (primary N) is 1. The number of carbonyl (C=O) groups excluding carboxylic acids is 1. The predicted molar refractivity (Wildman–Crippen MR) is 210 cm³/mol. The average molecular weight is 728 g/mol. The molecule has 0 bridgehead atoms. The Morgan fingerprint density at radius 1 is 0.600 bits per heavy atom. The molecular weight excluding hydrogens is 649 g/mol. The van der Waals surface area contributed by atoms with Crippen LogP contribution in [0, 0.1) is 0 Å². The largest absolute Gasteiger partial charge is 0.472 e. The van der Waals surface area contributed by atoms with Crippen LogP contribution in [0.5, 0.6) is 0 Å². The van der Waals surface area contributed by atoms with E-state index in [9.17, 15) is 14.3 Å². The summed E-state index contributed by atoms with van der Waals surface area (Å²) in [7, 11) is -4.28. The molecule has 0 aliphatic heterocycles. The Balaban J connectivity index is 4.10. The minimum atomic E-state index is -4.28. The van der Waals surface area contributed by atoms with Crippen LogP contribution >= 0.6 is 7.82 Å². The summed E-state index contributed by atoms with van der Waals surface area (Å²) in [5, 5.41) is 0. The van der Waals surface area contributed by atoms with E-state index in [2.05, 4.69) is 50.3 Å². The second-order valence-corrected chi connectivity index (χ2v) is 15.0. The van der Waals surface area contributed by atoms with Crippen molar-refractivity contribution in [1.82, 2.24) is 0 Å². The molecule has 50 heavy (non-hydrogen) atoms. The van der Waals surface area contributed by atoms with Gasteiger partial charge in [0.05, 0.1) is 19.8 Å². The third-order valence-corrected chi connectivity index (χ3v) is 9.54. The first-order chi connectivity index (χ1) is 24.4. The summed E-state index contributed by atoms with van der Waals surface area (Å²) in [4.78, 5) is 22.4. The van der Waals surface area contributed by atoms with Crippen molar-refractivity contribution in [2.24, 2.45) is 5.73 Å². The molecule has 0 amide bonds. The van der Waals surface area contributed by atoms with Crippen molar-refractivity contribution in [3.63, 3.8) is 0 Å². The van der Waals surface area contributed by atoms with Crippen molar-refractivity contribution in [2.75, 3.05) is 33.0 Å². The SMILES string of the molecule is CCCCC/C=C\C/C=C\C/C=C\CCCCCCC(=O)O[C@H](COCCCCCCCCCCCCCCCC)COP(=O)(O)OCCN. The molecule has 0 saturated heterocycles. The molecule has 0 fully saturated rings. The molecule has 0 aromatic rings. The third kappa shape index (κ3) is 38.0. The van der Waals surface area contributed by atoms with Gasteiger partial charge in [-0.15, -0.1) is 0 Å². The monoisotopic (exact) mass is 728 g/mol. The van der Waals surface area contributed by atoms with E-state index < -0.39 is 13.9 Å². The van der Waals surface area contributed by atoms with Crippen molar-refractivity contribution in [1.29, 1.82) is 0 Å². The normalized spacial score (nSPS) is 13.9. The molecule has 0 aromatic carbocycles. The molecule has 0 saturated carbocycles. The highest BCUT2D eigenvalue weighted by Crippen LogP contribution is 2.43. The highest BCUT2D eigenvalue weighted by atomic mass is 31.2. The summed E-state index contributed by atoms with van der Waals surface area (Å²) in [5.41, 5.74) is 5.36. The number of ether oxygens (including phenoxy) is 2. The zero-order valence-electron chi connectivity index (χ0n) is 32.4. The Labute approximate surface area is 308 Å². The van der Waals surface area contributed by atoms with E-state index in [0.29, 0.717) is 13.0 Å². The molecule has 0 aliphatic rings. The molecule has 0 rings (SSSR count). The van der Waals surface area contributed by atoms with E-state index in [0.717, 1.165) is 57.8 Å². The van der Waals surface area contributed by atoms with Gasteiger partial charge in [0.15, 0.2) is 0 Å². The summed E-state index contributed by atoms with van der Waals surface area (Å²) in [6.45, 7) is 4.87. The van der Waals surface area contributed by atoms with Crippen LogP contribution < -0.4 is 5.73 Å². The molecule has 2 atom stereocenters. The first-order valence-electron chi connectivity index (χ1n) is 20.5. The van der Waals surface area contributed by atoms with Gasteiger partial charge in [-0.1, -0.05) is 159 Å². The number of esters is 1. The summed E-state index contributed by atoms with van der Waals surface area (Å²) in [5.74, 6) is -0.350. The van der Waals surface area contributed by atoms with Gasteiger partial charge in [-0.3, -0.25) is 13.8 Å². The maximum absolute atomic E-state index is 12.5. The van der Waals surface area contributed by atoms with Crippen LogP contribution in [0.15, 0.2) is 36.5 Å². The molecule has 9 heteroatoms. The quantitative estimate of drug-likeness (QED) is 0.0278. The van der Waals surface area contributed by atoms with E-state index in [-0.39, 0.29) is 32.3 Å². The topological polar surface area (TPSA) is 117 Å². The fraction of sp³-hybridized carbons (Fsp3) is 0.829. The lowest BCUT2D eigenvalue weighted by atomic mass is 10.0. The number of phosphoric ester groups is 1. The summed E-state index contributed by atoms with van der Waals surface area (Å²) in [6.07, 6.45) is 42.9. The molecule has 1 unspecified atom stereocenters. The molecule has 0 spiro atoms. The molecule has 0 aliphatic carbocycles. The van der Waals surface area contributed by atoms with Crippen LogP contribution in [0.3, 0.4) is 0 Å². The van der Waals surface area contributed by atoms with Gasteiger partial charge < -0.3 is 20.1 Å². The number of phosphoric acid groups is 1. The molecule has 0 heterocycles. The third-order valence-electron chi connectivity index (χ3n) is 8.56. The van der Waals surface area contributed by atoms with Gasteiger partial charge in [-0.05, 0) is 51.4 Å². The Kier molecular flexibility index (Phi) is 37.9. The average Bonchev–Trinajstić information content (AvgIpc) is 3.10. The summed E-state index contributed by atoms with van der Waals surface area (Å²) >= 11 is 0. The Hall–Kier alpha value is -1.28. The number of hydrogen-bond donors (Lipinski definition) is 2. The second-order valence-electron chi connectivity index (χ2n) is 13.5. The second kappa shape index (κ2) is 38.9. The zero-order valence-corrected chi connectivity index (χ0v) is 33.3. The van der Waals surface area contributed by atoms with Gasteiger partial charge in [0.1, 0.15) is 6.10 Å². The van der Waals surface area contributed by atoms with Crippen molar-refractivity contribution in [3.05, 3.63) is 36.5 Å². The lowest BCUT2D eigenvalue weighted by molar-refractivity contribution is -0.154. The van der Waals surface area contributed by atoms with Crippen molar-refractivity contribution >= 4 is 13.8 Å². The predicted octanol–water partition coefficient (Wildman–Crippen LogP) is 11.9. The lowest BCUT2D eigenvalue weighted by Gasteiger charge is -2.20. The van der Waals surface area contributed by atoms with Crippen LogP contribution in [0.2, 0.25) is 0 Å². The molecule has 3 N–H and O–H groups in total. The van der Waals surface area contributed by atoms with Crippen LogP contribution in [0.4, 0.5) is 0 Å². The Morgan fingerprint density at radius 2 is 1.06 bits per heavy atom. The first kappa shape index (κ1) is 48.7. The molecule has 0 radical (unpaired) electrons. The number of hydrogen-bond acceptors (Lipinski definition) is 7. The smallest absolute Gasteiger partial charge is 0.457 e. The fourth-order valence-corrected chi connectivity index (χ4v) is 6.30.